The molecule has 0 spiro atoms. The summed E-state index contributed by atoms with van der Waals surface area (Å²) in [5.74, 6) is -7.42. The van der Waals surface area contributed by atoms with Gasteiger partial charge in [-0.25, -0.2) is 9.13 Å². The molecule has 166 valence electrons. The number of ether oxygens (including phenoxy) is 2. The van der Waals surface area contributed by atoms with E-state index in [4.69, 9.17) is 0 Å². The van der Waals surface area contributed by atoms with Crippen LogP contribution in [0.2, 0.25) is 0 Å². The van der Waals surface area contributed by atoms with Crippen LogP contribution in [0.15, 0.2) is 0 Å². The average molecular weight is 449 g/mol. The lowest BCUT2D eigenvalue weighted by atomic mass is 10.0. The Morgan fingerprint density at radius 3 is 1.61 bits per heavy atom. The summed E-state index contributed by atoms with van der Waals surface area (Å²) in [6.45, 7) is 0.423. The molecular formula is C11H8F13NO3. The lowest BCUT2D eigenvalue weighted by Gasteiger charge is -2.50. The molecule has 1 fully saturated rings. The van der Waals surface area contributed by atoms with Crippen molar-refractivity contribution in [2.75, 3.05) is 0 Å². The molecule has 0 bridgehead atoms. The maximum absolute atomic E-state index is 13.8. The molecule has 1 saturated heterocycles. The van der Waals surface area contributed by atoms with Gasteiger partial charge in [-0.3, -0.25) is 4.79 Å². The molecule has 0 aliphatic carbocycles. The molecule has 0 aromatic carbocycles. The first kappa shape index (κ1) is 24.5. The fourth-order valence-electron chi connectivity index (χ4n) is 1.97. The molecule has 0 amide bonds. The van der Waals surface area contributed by atoms with Gasteiger partial charge in [0.15, 0.2) is 6.10 Å². The normalized spacial score (nSPS) is 26.4. The number of nitrogens with zero attached hydrogens (tertiary/aromatic N) is 1. The summed E-state index contributed by atoms with van der Waals surface area (Å²) in [6, 6.07) is -21.2. The van der Waals surface area contributed by atoms with Gasteiger partial charge < -0.3 is 4.74 Å². The van der Waals surface area contributed by atoms with Crippen molar-refractivity contribution in [2.24, 2.45) is 0 Å². The Balaban J connectivity index is 3.55. The van der Waals surface area contributed by atoms with Crippen molar-refractivity contribution in [3.05, 3.63) is 0 Å². The van der Waals surface area contributed by atoms with E-state index < -0.39 is 59.4 Å². The summed E-state index contributed by atoms with van der Waals surface area (Å²) in [5.41, 5.74) is 0. The van der Waals surface area contributed by atoms with Crippen LogP contribution in [-0.4, -0.2) is 59.4 Å². The molecule has 1 rings (SSSR count). The summed E-state index contributed by atoms with van der Waals surface area (Å²) >= 11 is 0. The number of carbonyl (C=O) groups excluding carboxylic acids is 1. The number of rotatable bonds is 5. The predicted octanol–water partition coefficient (Wildman–Crippen LogP) is 4.21. The Bertz CT molecular complexity index is 597. The largest absolute Gasteiger partial charge is 0.456 e. The van der Waals surface area contributed by atoms with Crippen molar-refractivity contribution < 1.29 is 71.3 Å². The van der Waals surface area contributed by atoms with Gasteiger partial charge in [0, 0.05) is 6.92 Å². The summed E-state index contributed by atoms with van der Waals surface area (Å²) in [4.78, 5) is 6.84. The lowest BCUT2D eigenvalue weighted by molar-refractivity contribution is -0.589. The molecule has 2 unspecified atom stereocenters. The van der Waals surface area contributed by atoms with E-state index in [1.54, 1.807) is 0 Å². The molecule has 0 aromatic rings. The second kappa shape index (κ2) is 6.50. The van der Waals surface area contributed by atoms with Crippen LogP contribution in [0.3, 0.4) is 0 Å². The van der Waals surface area contributed by atoms with E-state index in [1.165, 1.54) is 0 Å². The van der Waals surface area contributed by atoms with Gasteiger partial charge >= 0.3 is 42.2 Å². The molecule has 1 heterocycles. The van der Waals surface area contributed by atoms with Gasteiger partial charge in [0.1, 0.15) is 0 Å². The van der Waals surface area contributed by atoms with E-state index in [-0.39, 0.29) is 6.92 Å². The summed E-state index contributed by atoms with van der Waals surface area (Å²) in [5, 5.41) is 0. The highest BCUT2D eigenvalue weighted by atomic mass is 19.4. The summed E-state index contributed by atoms with van der Waals surface area (Å²) in [7, 11) is 0. The molecule has 1 aliphatic heterocycles. The van der Waals surface area contributed by atoms with E-state index >= 15 is 0 Å². The number of esters is 1. The maximum Gasteiger partial charge on any atom is 0.439 e. The van der Waals surface area contributed by atoms with Crippen LogP contribution in [0.4, 0.5) is 57.1 Å². The van der Waals surface area contributed by atoms with E-state index in [2.05, 4.69) is 4.74 Å². The van der Waals surface area contributed by atoms with Crippen molar-refractivity contribution in [1.82, 2.24) is 4.90 Å². The zero-order chi connectivity index (χ0) is 22.7. The van der Waals surface area contributed by atoms with E-state index in [1.807, 2.05) is 4.74 Å². The fourth-order valence-corrected chi connectivity index (χ4v) is 1.97. The Labute approximate surface area is 146 Å². The van der Waals surface area contributed by atoms with Crippen molar-refractivity contribution in [3.63, 3.8) is 0 Å². The first-order chi connectivity index (χ1) is 12.1. The molecule has 17 heteroatoms. The lowest BCUT2D eigenvalue weighted by Crippen LogP contribution is -2.79. The Kier molecular flexibility index (Phi) is 5.69. The summed E-state index contributed by atoms with van der Waals surface area (Å²) < 4.78 is 180. The number of alkyl halides is 13. The molecule has 0 radical (unpaired) electrons. The van der Waals surface area contributed by atoms with E-state index in [0.717, 1.165) is 0 Å². The highest BCUT2D eigenvalue weighted by molar-refractivity contribution is 5.66. The number of morpholine rings is 1. The molecule has 0 saturated carbocycles. The molecule has 4 nitrogen and oxygen atoms in total. The zero-order valence-electron chi connectivity index (χ0n) is 13.2. The third kappa shape index (κ3) is 3.46. The Hall–Kier alpha value is -1.52. The number of carbonyl (C=O) groups is 1. The van der Waals surface area contributed by atoms with Gasteiger partial charge in [-0.15, -0.1) is 4.90 Å². The predicted molar refractivity (Wildman–Crippen MR) is 58.7 cm³/mol. The molecule has 28 heavy (non-hydrogen) atoms. The third-order valence-corrected chi connectivity index (χ3v) is 3.34. The third-order valence-electron chi connectivity index (χ3n) is 3.34. The number of hydrogen-bond donors (Lipinski definition) is 0. The van der Waals surface area contributed by atoms with Gasteiger partial charge in [0.25, 0.3) is 0 Å². The molecule has 2 atom stereocenters. The first-order valence-corrected chi connectivity index (χ1v) is 6.65. The maximum atomic E-state index is 13.8. The first-order valence-electron chi connectivity index (χ1n) is 6.65. The van der Waals surface area contributed by atoms with E-state index in [0.29, 0.717) is 6.92 Å². The monoisotopic (exact) mass is 449 g/mol. The number of halogens is 13. The second-order valence-electron chi connectivity index (χ2n) is 5.43. The minimum absolute atomic E-state index is 0.0167. The van der Waals surface area contributed by atoms with Crippen LogP contribution in [0.25, 0.3) is 0 Å². The SMILES string of the molecule is CC(=O)OC(C)C(F)(F)C(F)C(F)(F)N1C(F)(F)C(F)(F)OC(F)(F)C1(F)F. The van der Waals surface area contributed by atoms with Crippen LogP contribution < -0.4 is 0 Å². The molecule has 1 aliphatic rings. The minimum Gasteiger partial charge on any atom is -0.456 e. The zero-order valence-corrected chi connectivity index (χ0v) is 13.2. The smallest absolute Gasteiger partial charge is 0.439 e. The van der Waals surface area contributed by atoms with Crippen LogP contribution in [-0.2, 0) is 14.3 Å². The topological polar surface area (TPSA) is 38.8 Å². The van der Waals surface area contributed by atoms with Crippen molar-refractivity contribution in [1.29, 1.82) is 0 Å². The van der Waals surface area contributed by atoms with Gasteiger partial charge in [-0.2, -0.15) is 52.7 Å². The highest BCUT2D eigenvalue weighted by Gasteiger charge is 2.88. The quantitative estimate of drug-likeness (QED) is 0.358. The minimum atomic E-state index is -7.09. The average Bonchev–Trinajstić information content (AvgIpc) is 2.41. The van der Waals surface area contributed by atoms with E-state index in [9.17, 15) is 61.9 Å². The van der Waals surface area contributed by atoms with Crippen LogP contribution in [0, 0.1) is 0 Å². The van der Waals surface area contributed by atoms with Gasteiger partial charge in [0.05, 0.1) is 0 Å². The standard InChI is InChI=1S/C11H8F13NO3/c1-3(27-4(2)26)6(13,14)5(12)7(15,16)25-8(17,18)10(21,22)28-11(23,24)9(25,19)20/h3,5H,1-2H3. The second-order valence-corrected chi connectivity index (χ2v) is 5.43. The molecular weight excluding hydrogens is 441 g/mol. The molecule has 0 N–H and O–H groups in total. The number of hydrogen-bond acceptors (Lipinski definition) is 4. The summed E-state index contributed by atoms with van der Waals surface area (Å²) in [6.07, 6.45) is -22.3. The van der Waals surface area contributed by atoms with Gasteiger partial charge in [-0.1, -0.05) is 0 Å². The Morgan fingerprint density at radius 2 is 1.29 bits per heavy atom. The van der Waals surface area contributed by atoms with Gasteiger partial charge in [0.2, 0.25) is 6.17 Å². The fraction of sp³-hybridized carbons (Fsp3) is 0.909. The van der Waals surface area contributed by atoms with Crippen LogP contribution in [0.1, 0.15) is 13.8 Å². The molecule has 0 aromatic heterocycles. The van der Waals surface area contributed by atoms with Crippen LogP contribution in [0.5, 0.6) is 0 Å². The Morgan fingerprint density at radius 1 is 0.929 bits per heavy atom. The van der Waals surface area contributed by atoms with Crippen molar-refractivity contribution >= 4 is 5.97 Å². The van der Waals surface area contributed by atoms with Crippen molar-refractivity contribution in [2.45, 2.75) is 62.4 Å². The van der Waals surface area contributed by atoms with Crippen molar-refractivity contribution in [3.8, 4) is 0 Å². The van der Waals surface area contributed by atoms with Crippen LogP contribution >= 0.6 is 0 Å². The highest BCUT2D eigenvalue weighted by Crippen LogP contribution is 2.60. The van der Waals surface area contributed by atoms with Gasteiger partial charge in [-0.05, 0) is 6.92 Å².